The summed E-state index contributed by atoms with van der Waals surface area (Å²) in [5.74, 6) is 0.594. The van der Waals surface area contributed by atoms with E-state index < -0.39 is 5.41 Å². The zero-order valence-electron chi connectivity index (χ0n) is 12.6. The second-order valence-electron chi connectivity index (χ2n) is 7.36. The van der Waals surface area contributed by atoms with Crippen molar-refractivity contribution in [3.63, 3.8) is 0 Å². The highest BCUT2D eigenvalue weighted by Gasteiger charge is 2.62. The van der Waals surface area contributed by atoms with Crippen LogP contribution in [-0.2, 0) is 19.1 Å². The molecule has 0 aromatic rings. The van der Waals surface area contributed by atoms with Crippen molar-refractivity contribution in [1.29, 1.82) is 0 Å². The van der Waals surface area contributed by atoms with E-state index in [9.17, 15) is 9.59 Å². The second-order valence-corrected chi connectivity index (χ2v) is 7.36. The van der Waals surface area contributed by atoms with Gasteiger partial charge in [-0.15, -0.1) is 0 Å². The van der Waals surface area contributed by atoms with E-state index in [0.29, 0.717) is 18.4 Å². The van der Waals surface area contributed by atoms with Gasteiger partial charge in [-0.1, -0.05) is 6.92 Å². The van der Waals surface area contributed by atoms with E-state index in [2.05, 4.69) is 0 Å². The molecule has 20 heavy (non-hydrogen) atoms. The molecule has 3 rings (SSSR count). The molecule has 1 aliphatic heterocycles. The van der Waals surface area contributed by atoms with Crippen LogP contribution in [0.5, 0.6) is 0 Å². The number of cyclic esters (lactones) is 1. The van der Waals surface area contributed by atoms with Crippen LogP contribution in [0.1, 0.15) is 52.9 Å². The van der Waals surface area contributed by atoms with Crippen LogP contribution >= 0.6 is 0 Å². The van der Waals surface area contributed by atoms with Crippen molar-refractivity contribution in [3.05, 3.63) is 0 Å². The Bertz CT molecular complexity index is 442. The van der Waals surface area contributed by atoms with Crippen molar-refractivity contribution >= 4 is 11.9 Å². The van der Waals surface area contributed by atoms with E-state index in [0.717, 1.165) is 32.1 Å². The monoisotopic (exact) mass is 280 g/mol. The molecule has 0 aromatic heterocycles. The molecule has 1 saturated heterocycles. The molecular formula is C16H24O4. The smallest absolute Gasteiger partial charge is 0.312 e. The third kappa shape index (κ3) is 1.87. The lowest BCUT2D eigenvalue weighted by Gasteiger charge is -2.34. The molecule has 4 nitrogen and oxygen atoms in total. The lowest BCUT2D eigenvalue weighted by molar-refractivity contribution is -0.164. The molecular weight excluding hydrogens is 256 g/mol. The maximum absolute atomic E-state index is 12.2. The number of hydrogen-bond donors (Lipinski definition) is 0. The summed E-state index contributed by atoms with van der Waals surface area (Å²) < 4.78 is 10.9. The summed E-state index contributed by atoms with van der Waals surface area (Å²) in [4.78, 5) is 24.2. The van der Waals surface area contributed by atoms with Gasteiger partial charge in [0.1, 0.15) is 6.10 Å². The first-order valence-corrected chi connectivity index (χ1v) is 7.77. The molecule has 3 fully saturated rings. The molecule has 3 aliphatic rings. The number of hydrogen-bond acceptors (Lipinski definition) is 4. The van der Waals surface area contributed by atoms with E-state index in [1.165, 1.54) is 0 Å². The van der Waals surface area contributed by atoms with Gasteiger partial charge in [0, 0.05) is 0 Å². The Morgan fingerprint density at radius 3 is 2.70 bits per heavy atom. The first-order valence-electron chi connectivity index (χ1n) is 7.77. The molecule has 2 bridgehead atoms. The second kappa shape index (κ2) is 4.47. The Labute approximate surface area is 120 Å². The van der Waals surface area contributed by atoms with E-state index in [1.807, 2.05) is 20.8 Å². The van der Waals surface area contributed by atoms with E-state index in [4.69, 9.17) is 9.47 Å². The number of carbonyl (C=O) groups is 2. The molecule has 1 spiro atoms. The van der Waals surface area contributed by atoms with Gasteiger partial charge >= 0.3 is 11.9 Å². The number of rotatable bonds is 3. The quantitative estimate of drug-likeness (QED) is 0.746. The zero-order chi connectivity index (χ0) is 14.5. The van der Waals surface area contributed by atoms with Gasteiger partial charge in [-0.2, -0.15) is 0 Å². The molecule has 4 unspecified atom stereocenters. The highest BCUT2D eigenvalue weighted by molar-refractivity contribution is 5.80. The van der Waals surface area contributed by atoms with Gasteiger partial charge in [0.05, 0.1) is 17.4 Å². The van der Waals surface area contributed by atoms with Gasteiger partial charge in [0.25, 0.3) is 0 Å². The minimum Gasteiger partial charge on any atom is -0.465 e. The number of ether oxygens (including phenoxy) is 2. The SMILES string of the molecule is CCC(C)(C)C(=O)OC1CC2CC1CC21CCOC1=O. The maximum Gasteiger partial charge on any atom is 0.312 e. The number of carbonyl (C=O) groups excluding carboxylic acids is 2. The fourth-order valence-electron chi connectivity index (χ4n) is 4.10. The molecule has 2 aliphatic carbocycles. The summed E-state index contributed by atoms with van der Waals surface area (Å²) >= 11 is 0. The molecule has 0 radical (unpaired) electrons. The van der Waals surface area contributed by atoms with Gasteiger partial charge in [-0.05, 0) is 57.8 Å². The van der Waals surface area contributed by atoms with Crippen LogP contribution in [0.4, 0.5) is 0 Å². The molecule has 0 aromatic carbocycles. The molecule has 4 atom stereocenters. The summed E-state index contributed by atoms with van der Waals surface area (Å²) in [7, 11) is 0. The summed E-state index contributed by atoms with van der Waals surface area (Å²) in [6, 6.07) is 0. The van der Waals surface area contributed by atoms with E-state index in [-0.39, 0.29) is 23.5 Å². The summed E-state index contributed by atoms with van der Waals surface area (Å²) in [6.45, 7) is 6.43. The molecule has 0 amide bonds. The highest BCUT2D eigenvalue weighted by Crippen LogP contribution is 2.60. The number of fused-ring (bicyclic) bond motifs is 3. The van der Waals surface area contributed by atoms with Gasteiger partial charge in [-0.3, -0.25) is 9.59 Å². The Kier molecular flexibility index (Phi) is 3.11. The Morgan fingerprint density at radius 2 is 2.20 bits per heavy atom. The lowest BCUT2D eigenvalue weighted by atomic mass is 9.71. The van der Waals surface area contributed by atoms with Crippen LogP contribution in [0.25, 0.3) is 0 Å². The van der Waals surface area contributed by atoms with E-state index in [1.54, 1.807) is 0 Å². The molecule has 112 valence electrons. The van der Waals surface area contributed by atoms with Crippen molar-refractivity contribution in [3.8, 4) is 0 Å². The van der Waals surface area contributed by atoms with Gasteiger partial charge in [0.15, 0.2) is 0 Å². The minimum atomic E-state index is -0.411. The van der Waals surface area contributed by atoms with Crippen molar-refractivity contribution < 1.29 is 19.1 Å². The van der Waals surface area contributed by atoms with Gasteiger partial charge < -0.3 is 9.47 Å². The average molecular weight is 280 g/mol. The summed E-state index contributed by atoms with van der Waals surface area (Å²) in [6.07, 6.45) is 4.35. The van der Waals surface area contributed by atoms with Crippen LogP contribution in [-0.4, -0.2) is 24.6 Å². The summed E-state index contributed by atoms with van der Waals surface area (Å²) in [5.41, 5.74) is -0.653. The van der Waals surface area contributed by atoms with Gasteiger partial charge in [0.2, 0.25) is 0 Å². The summed E-state index contributed by atoms with van der Waals surface area (Å²) in [5, 5.41) is 0. The van der Waals surface area contributed by atoms with Crippen molar-refractivity contribution in [2.24, 2.45) is 22.7 Å². The molecule has 4 heteroatoms. The van der Waals surface area contributed by atoms with Crippen molar-refractivity contribution in [2.75, 3.05) is 6.61 Å². The van der Waals surface area contributed by atoms with Crippen molar-refractivity contribution in [1.82, 2.24) is 0 Å². The Hall–Kier alpha value is -1.06. The van der Waals surface area contributed by atoms with Crippen LogP contribution in [0.2, 0.25) is 0 Å². The third-order valence-electron chi connectivity index (χ3n) is 5.92. The normalized spacial score (nSPS) is 39.4. The van der Waals surface area contributed by atoms with Crippen LogP contribution in [0.15, 0.2) is 0 Å². The predicted octanol–water partition coefficient (Wildman–Crippen LogP) is 2.70. The van der Waals surface area contributed by atoms with Gasteiger partial charge in [-0.25, -0.2) is 0 Å². The predicted molar refractivity (Wildman–Crippen MR) is 72.8 cm³/mol. The molecule has 0 N–H and O–H groups in total. The fourth-order valence-corrected chi connectivity index (χ4v) is 4.10. The average Bonchev–Trinajstić information content (AvgIpc) is 3.06. The minimum absolute atomic E-state index is 0.0105. The number of esters is 2. The third-order valence-corrected chi connectivity index (χ3v) is 5.92. The Morgan fingerprint density at radius 1 is 1.45 bits per heavy atom. The fraction of sp³-hybridized carbons (Fsp3) is 0.875. The topological polar surface area (TPSA) is 52.6 Å². The molecule has 1 heterocycles. The van der Waals surface area contributed by atoms with E-state index >= 15 is 0 Å². The highest BCUT2D eigenvalue weighted by atomic mass is 16.5. The standard InChI is InChI=1S/C16H24O4/c1-4-15(2,3)13(17)20-12-8-11-7-10(12)9-16(11)5-6-19-14(16)18/h10-12H,4-9H2,1-3H3. The molecule has 2 saturated carbocycles. The van der Waals surface area contributed by atoms with Crippen LogP contribution < -0.4 is 0 Å². The largest absolute Gasteiger partial charge is 0.465 e. The van der Waals surface area contributed by atoms with Crippen molar-refractivity contribution in [2.45, 2.75) is 59.0 Å². The first kappa shape index (κ1) is 13.9. The van der Waals surface area contributed by atoms with Crippen LogP contribution in [0, 0.1) is 22.7 Å². The maximum atomic E-state index is 12.2. The first-order chi connectivity index (χ1) is 9.39. The zero-order valence-corrected chi connectivity index (χ0v) is 12.6. The lowest BCUT2D eigenvalue weighted by Crippen LogP contribution is -2.39. The van der Waals surface area contributed by atoms with Crippen LogP contribution in [0.3, 0.4) is 0 Å². The Balaban J connectivity index is 1.65.